The zero-order chi connectivity index (χ0) is 10.4. The van der Waals surface area contributed by atoms with Crippen molar-refractivity contribution in [3.63, 3.8) is 0 Å². The first-order valence-electron chi connectivity index (χ1n) is 4.40. The highest BCUT2D eigenvalue weighted by Crippen LogP contribution is 2.39. The van der Waals surface area contributed by atoms with E-state index >= 15 is 0 Å². The first-order valence-corrected chi connectivity index (χ1v) is 5.15. The Morgan fingerprint density at radius 3 is 2.87 bits per heavy atom. The van der Waals surface area contributed by atoms with Gasteiger partial charge in [-0.25, -0.2) is 15.0 Å². The number of rotatable bonds is 0. The molecule has 0 aromatic carbocycles. The van der Waals surface area contributed by atoms with E-state index < -0.39 is 0 Å². The summed E-state index contributed by atoms with van der Waals surface area (Å²) in [7, 11) is 0. The maximum absolute atomic E-state index is 6.04. The van der Waals surface area contributed by atoms with Crippen molar-refractivity contribution < 1.29 is 0 Å². The molecule has 0 radical (unpaired) electrons. The molecular formula is C10H5Cl2N3. The fraction of sp³-hybridized carbons (Fsp3) is 0.100. The van der Waals surface area contributed by atoms with Gasteiger partial charge in [-0.15, -0.1) is 0 Å². The molecule has 1 aliphatic carbocycles. The first kappa shape index (κ1) is 9.07. The van der Waals surface area contributed by atoms with Crippen LogP contribution < -0.4 is 0 Å². The second-order valence-electron chi connectivity index (χ2n) is 3.33. The second-order valence-corrected chi connectivity index (χ2v) is 4.07. The van der Waals surface area contributed by atoms with Crippen LogP contribution in [0.25, 0.3) is 11.1 Å². The molecule has 3 nitrogen and oxygen atoms in total. The Morgan fingerprint density at radius 1 is 1.13 bits per heavy atom. The van der Waals surface area contributed by atoms with Crippen LogP contribution in [0.3, 0.4) is 0 Å². The van der Waals surface area contributed by atoms with E-state index in [0.717, 1.165) is 28.8 Å². The fourth-order valence-electron chi connectivity index (χ4n) is 1.81. The molecule has 5 heteroatoms. The van der Waals surface area contributed by atoms with Gasteiger partial charge < -0.3 is 0 Å². The normalized spacial score (nSPS) is 12.4. The second kappa shape index (κ2) is 3.15. The van der Waals surface area contributed by atoms with Crippen LogP contribution in [0.2, 0.25) is 10.3 Å². The van der Waals surface area contributed by atoms with E-state index in [1.165, 1.54) is 6.33 Å². The third-order valence-electron chi connectivity index (χ3n) is 2.46. The SMILES string of the molecule is Clc1cc2c(cn1)Cc1ncnc(Cl)c1-2. The minimum Gasteiger partial charge on any atom is -0.244 e. The molecule has 0 fully saturated rings. The Balaban J connectivity index is 2.33. The molecular weight excluding hydrogens is 233 g/mol. The van der Waals surface area contributed by atoms with Crippen LogP contribution in [0.15, 0.2) is 18.6 Å². The van der Waals surface area contributed by atoms with Crippen LogP contribution in [0.5, 0.6) is 0 Å². The Hall–Kier alpha value is -1.19. The van der Waals surface area contributed by atoms with Gasteiger partial charge in [-0.05, 0) is 17.2 Å². The van der Waals surface area contributed by atoms with E-state index in [4.69, 9.17) is 23.2 Å². The lowest BCUT2D eigenvalue weighted by Crippen LogP contribution is -1.88. The molecule has 0 unspecified atom stereocenters. The smallest absolute Gasteiger partial charge is 0.140 e. The number of fused-ring (bicyclic) bond motifs is 3. The Morgan fingerprint density at radius 2 is 2.00 bits per heavy atom. The van der Waals surface area contributed by atoms with E-state index in [2.05, 4.69) is 15.0 Å². The summed E-state index contributed by atoms with van der Waals surface area (Å²) in [4.78, 5) is 12.2. The van der Waals surface area contributed by atoms with Crippen molar-refractivity contribution in [1.29, 1.82) is 0 Å². The molecule has 74 valence electrons. The van der Waals surface area contributed by atoms with Crippen LogP contribution in [-0.4, -0.2) is 15.0 Å². The van der Waals surface area contributed by atoms with Crippen LogP contribution in [-0.2, 0) is 6.42 Å². The number of pyridine rings is 1. The van der Waals surface area contributed by atoms with Crippen LogP contribution >= 0.6 is 23.2 Å². The fourth-order valence-corrected chi connectivity index (χ4v) is 2.22. The molecule has 0 spiro atoms. The van der Waals surface area contributed by atoms with Gasteiger partial charge >= 0.3 is 0 Å². The number of hydrogen-bond acceptors (Lipinski definition) is 3. The molecule has 0 saturated heterocycles. The van der Waals surface area contributed by atoms with Crippen molar-refractivity contribution in [3.05, 3.63) is 40.2 Å². The van der Waals surface area contributed by atoms with E-state index in [1.54, 1.807) is 12.3 Å². The predicted molar refractivity (Wildman–Crippen MR) is 58.1 cm³/mol. The van der Waals surface area contributed by atoms with Crippen molar-refractivity contribution in [2.75, 3.05) is 0 Å². The summed E-state index contributed by atoms with van der Waals surface area (Å²) in [5.74, 6) is 0. The molecule has 0 bridgehead atoms. The maximum atomic E-state index is 6.04. The highest BCUT2D eigenvalue weighted by molar-refractivity contribution is 6.33. The highest BCUT2D eigenvalue weighted by atomic mass is 35.5. The Bertz CT molecular complexity index is 554. The van der Waals surface area contributed by atoms with Crippen LogP contribution in [0, 0.1) is 0 Å². The average molecular weight is 238 g/mol. The van der Waals surface area contributed by atoms with Gasteiger partial charge in [0.05, 0.1) is 5.69 Å². The molecule has 2 aromatic heterocycles. The minimum absolute atomic E-state index is 0.460. The zero-order valence-corrected chi connectivity index (χ0v) is 9.05. The van der Waals surface area contributed by atoms with Gasteiger partial charge in [0, 0.05) is 18.2 Å². The standard InChI is InChI=1S/C10H5Cl2N3/c11-8-2-6-5(3-13-8)1-7-9(6)10(12)15-4-14-7/h2-4H,1H2. The molecule has 0 saturated carbocycles. The van der Waals surface area contributed by atoms with Gasteiger partial charge in [0.1, 0.15) is 16.6 Å². The van der Waals surface area contributed by atoms with E-state index in [-0.39, 0.29) is 0 Å². The monoisotopic (exact) mass is 237 g/mol. The Kier molecular flexibility index (Phi) is 1.90. The Labute approximate surface area is 96.1 Å². The molecule has 2 heterocycles. The van der Waals surface area contributed by atoms with Crippen molar-refractivity contribution in [1.82, 2.24) is 15.0 Å². The topological polar surface area (TPSA) is 38.7 Å². The lowest BCUT2D eigenvalue weighted by molar-refractivity contribution is 1.06. The van der Waals surface area contributed by atoms with Crippen molar-refractivity contribution in [3.8, 4) is 11.1 Å². The summed E-state index contributed by atoms with van der Waals surface area (Å²) in [6.07, 6.45) is 3.98. The molecule has 2 aromatic rings. The molecule has 15 heavy (non-hydrogen) atoms. The summed E-state index contributed by atoms with van der Waals surface area (Å²) < 4.78 is 0. The van der Waals surface area contributed by atoms with Gasteiger partial charge in [-0.2, -0.15) is 0 Å². The predicted octanol–water partition coefficient (Wildman–Crippen LogP) is 2.75. The van der Waals surface area contributed by atoms with E-state index in [1.807, 2.05) is 0 Å². The minimum atomic E-state index is 0.460. The molecule has 3 rings (SSSR count). The number of nitrogens with zero attached hydrogens (tertiary/aromatic N) is 3. The number of aromatic nitrogens is 3. The van der Waals surface area contributed by atoms with Gasteiger partial charge in [-0.1, -0.05) is 23.2 Å². The third kappa shape index (κ3) is 1.31. The first-order chi connectivity index (χ1) is 7.25. The summed E-state index contributed by atoms with van der Waals surface area (Å²) in [6.45, 7) is 0. The van der Waals surface area contributed by atoms with Crippen molar-refractivity contribution in [2.45, 2.75) is 6.42 Å². The molecule has 0 amide bonds. The van der Waals surface area contributed by atoms with Crippen molar-refractivity contribution in [2.24, 2.45) is 0 Å². The third-order valence-corrected chi connectivity index (χ3v) is 2.95. The molecule has 0 N–H and O–H groups in total. The summed E-state index contributed by atoms with van der Waals surface area (Å²) in [5.41, 5.74) is 3.92. The lowest BCUT2D eigenvalue weighted by atomic mass is 10.1. The summed E-state index contributed by atoms with van der Waals surface area (Å²) >= 11 is 11.9. The van der Waals surface area contributed by atoms with Crippen molar-refractivity contribution >= 4 is 23.2 Å². The van der Waals surface area contributed by atoms with E-state index in [0.29, 0.717) is 10.3 Å². The van der Waals surface area contributed by atoms with Gasteiger partial charge in [0.2, 0.25) is 0 Å². The summed E-state index contributed by atoms with van der Waals surface area (Å²) in [6, 6.07) is 1.80. The van der Waals surface area contributed by atoms with Gasteiger partial charge in [0.15, 0.2) is 0 Å². The van der Waals surface area contributed by atoms with Gasteiger partial charge in [0.25, 0.3) is 0 Å². The number of hydrogen-bond donors (Lipinski definition) is 0. The zero-order valence-electron chi connectivity index (χ0n) is 7.54. The lowest BCUT2D eigenvalue weighted by Gasteiger charge is -2.01. The molecule has 0 aliphatic heterocycles. The average Bonchev–Trinajstić information content (AvgIpc) is 2.57. The maximum Gasteiger partial charge on any atom is 0.140 e. The largest absolute Gasteiger partial charge is 0.244 e. The molecule has 0 atom stereocenters. The van der Waals surface area contributed by atoms with Crippen LogP contribution in [0.1, 0.15) is 11.3 Å². The van der Waals surface area contributed by atoms with Gasteiger partial charge in [-0.3, -0.25) is 0 Å². The highest BCUT2D eigenvalue weighted by Gasteiger charge is 2.23. The molecule has 1 aliphatic rings. The van der Waals surface area contributed by atoms with E-state index in [9.17, 15) is 0 Å². The summed E-state index contributed by atoms with van der Waals surface area (Å²) in [5, 5.41) is 0.933. The number of halogens is 2. The quantitative estimate of drug-likeness (QED) is 0.446. The van der Waals surface area contributed by atoms with Crippen LogP contribution in [0.4, 0.5) is 0 Å².